The van der Waals surface area contributed by atoms with Gasteiger partial charge in [0.25, 0.3) is 0 Å². The predicted octanol–water partition coefficient (Wildman–Crippen LogP) is 5.94. The number of anilines is 1. The van der Waals surface area contributed by atoms with Gasteiger partial charge in [-0.3, -0.25) is 4.90 Å². The standard InChI is InChI=1S/C34H37F2N5O3/c1-2-23-25(35)8-6-20-16-22(42)17-24(27(20)23)30-29(36)31-28-26(37-30)9-7-21-18-43-15-5-14-41(21)32(28)39-33(38-31)44-19-34-10-3-12-40(34)13-4-11-34/h6,8,16-17,21,42H,2-5,7,9-15,18-19H2,1H3/t21-/m1/s1. The Kier molecular flexibility index (Phi) is 6.82. The third-order valence-corrected chi connectivity index (χ3v) is 10.3. The summed E-state index contributed by atoms with van der Waals surface area (Å²) in [5.74, 6) is -0.393. The second kappa shape index (κ2) is 10.8. The maximum atomic E-state index is 17.0. The average molecular weight is 602 g/mol. The van der Waals surface area contributed by atoms with Gasteiger partial charge in [0.15, 0.2) is 5.82 Å². The molecule has 4 aromatic rings. The van der Waals surface area contributed by atoms with Gasteiger partial charge in [0, 0.05) is 18.7 Å². The molecule has 0 amide bonds. The van der Waals surface area contributed by atoms with Crippen molar-refractivity contribution in [3.05, 3.63) is 47.2 Å². The molecule has 10 heteroatoms. The molecule has 0 aliphatic carbocycles. The Hall–Kier alpha value is -3.63. The van der Waals surface area contributed by atoms with E-state index >= 15 is 8.78 Å². The summed E-state index contributed by atoms with van der Waals surface area (Å²) in [7, 11) is 0. The zero-order valence-electron chi connectivity index (χ0n) is 25.0. The SMILES string of the molecule is CCc1c(F)ccc2cc(O)cc(-c3nc4c5c(nc(OCC67CCCN6CCC7)nc5c3F)N3CCCOC[C@H]3CC4)c12. The van der Waals surface area contributed by atoms with Crippen molar-refractivity contribution in [3.8, 4) is 23.0 Å². The summed E-state index contributed by atoms with van der Waals surface area (Å²) in [6.45, 7) is 6.44. The second-order valence-corrected chi connectivity index (χ2v) is 12.8. The fraction of sp³-hybridized carbons (Fsp3) is 0.500. The normalized spacial score (nSPS) is 21.3. The molecular formula is C34H37F2N5O3. The summed E-state index contributed by atoms with van der Waals surface area (Å²) >= 11 is 0. The largest absolute Gasteiger partial charge is 0.508 e. The Morgan fingerprint density at radius 2 is 1.89 bits per heavy atom. The molecule has 0 unspecified atom stereocenters. The van der Waals surface area contributed by atoms with Gasteiger partial charge in [-0.2, -0.15) is 9.97 Å². The molecule has 3 fully saturated rings. The minimum Gasteiger partial charge on any atom is -0.508 e. The highest BCUT2D eigenvalue weighted by molar-refractivity contribution is 6.02. The quantitative estimate of drug-likeness (QED) is 0.301. The maximum absolute atomic E-state index is 17.0. The van der Waals surface area contributed by atoms with Crippen molar-refractivity contribution in [1.82, 2.24) is 19.9 Å². The van der Waals surface area contributed by atoms with Crippen LogP contribution in [0.1, 0.15) is 56.7 Å². The van der Waals surface area contributed by atoms with Gasteiger partial charge in [0.2, 0.25) is 0 Å². The van der Waals surface area contributed by atoms with E-state index in [-0.39, 0.29) is 40.4 Å². The van der Waals surface area contributed by atoms with Crippen molar-refractivity contribution in [3.63, 3.8) is 0 Å². The lowest BCUT2D eigenvalue weighted by Crippen LogP contribution is -2.43. The topological polar surface area (TPSA) is 83.8 Å². The molecule has 8 nitrogen and oxygen atoms in total. The van der Waals surface area contributed by atoms with Crippen molar-refractivity contribution >= 4 is 27.5 Å². The smallest absolute Gasteiger partial charge is 0.319 e. The van der Waals surface area contributed by atoms with Gasteiger partial charge in [-0.25, -0.2) is 13.8 Å². The van der Waals surface area contributed by atoms with Crippen LogP contribution in [0.2, 0.25) is 0 Å². The monoisotopic (exact) mass is 601 g/mol. The zero-order chi connectivity index (χ0) is 30.0. The summed E-state index contributed by atoms with van der Waals surface area (Å²) in [4.78, 5) is 19.4. The molecule has 4 aliphatic heterocycles. The van der Waals surface area contributed by atoms with Crippen LogP contribution in [0.15, 0.2) is 24.3 Å². The Bertz CT molecular complexity index is 1770. The Balaban J connectivity index is 1.34. The third kappa shape index (κ3) is 4.40. The van der Waals surface area contributed by atoms with Crippen molar-refractivity contribution in [1.29, 1.82) is 0 Å². The molecule has 0 radical (unpaired) electrons. The predicted molar refractivity (Wildman–Crippen MR) is 164 cm³/mol. The average Bonchev–Trinajstić information content (AvgIpc) is 3.46. The highest BCUT2D eigenvalue weighted by Crippen LogP contribution is 2.43. The Labute approximate surface area is 255 Å². The minimum atomic E-state index is -0.624. The number of ether oxygens (including phenoxy) is 2. The lowest BCUT2D eigenvalue weighted by Gasteiger charge is -2.32. The van der Waals surface area contributed by atoms with E-state index in [2.05, 4.69) is 9.80 Å². The number of phenolic OH excluding ortho intramolecular Hbond substituents is 1. The van der Waals surface area contributed by atoms with Crippen LogP contribution in [0.4, 0.5) is 14.6 Å². The molecule has 8 rings (SSSR count). The highest BCUT2D eigenvalue weighted by Gasteiger charge is 2.45. The van der Waals surface area contributed by atoms with Gasteiger partial charge in [-0.15, -0.1) is 0 Å². The fourth-order valence-corrected chi connectivity index (χ4v) is 8.18. The number of phenols is 1. The first kappa shape index (κ1) is 27.9. The maximum Gasteiger partial charge on any atom is 0.319 e. The number of hydrogen-bond donors (Lipinski definition) is 1. The number of pyridine rings is 1. The fourth-order valence-electron chi connectivity index (χ4n) is 8.18. The van der Waals surface area contributed by atoms with Crippen LogP contribution in [-0.4, -0.2) is 76.0 Å². The molecule has 0 saturated carbocycles. The zero-order valence-corrected chi connectivity index (χ0v) is 25.0. The van der Waals surface area contributed by atoms with E-state index in [1.807, 2.05) is 6.92 Å². The molecule has 0 spiro atoms. The van der Waals surface area contributed by atoms with Crippen LogP contribution in [0.5, 0.6) is 11.8 Å². The first-order chi connectivity index (χ1) is 21.5. The van der Waals surface area contributed by atoms with Crippen LogP contribution in [0.3, 0.4) is 0 Å². The number of fused-ring (bicyclic) bond motifs is 4. The number of halogens is 2. The van der Waals surface area contributed by atoms with E-state index in [1.165, 1.54) is 12.1 Å². The number of aromatic nitrogens is 3. The van der Waals surface area contributed by atoms with Gasteiger partial charge < -0.3 is 19.5 Å². The Morgan fingerprint density at radius 1 is 1.05 bits per heavy atom. The van der Waals surface area contributed by atoms with E-state index in [9.17, 15) is 5.11 Å². The third-order valence-electron chi connectivity index (χ3n) is 10.3. The van der Waals surface area contributed by atoms with Crippen molar-refractivity contribution in [2.24, 2.45) is 0 Å². The molecule has 3 saturated heterocycles. The molecule has 2 aromatic heterocycles. The minimum absolute atomic E-state index is 0.0143. The van der Waals surface area contributed by atoms with E-state index in [4.69, 9.17) is 24.4 Å². The van der Waals surface area contributed by atoms with E-state index in [0.29, 0.717) is 71.5 Å². The summed E-state index contributed by atoms with van der Waals surface area (Å²) in [5.41, 5.74) is 1.68. The van der Waals surface area contributed by atoms with Crippen LogP contribution in [0.25, 0.3) is 32.9 Å². The van der Waals surface area contributed by atoms with Gasteiger partial charge >= 0.3 is 6.01 Å². The van der Waals surface area contributed by atoms with Gasteiger partial charge in [0.05, 0.1) is 29.3 Å². The van der Waals surface area contributed by atoms with Crippen molar-refractivity contribution in [2.45, 2.75) is 69.9 Å². The van der Waals surface area contributed by atoms with Crippen molar-refractivity contribution < 1.29 is 23.4 Å². The van der Waals surface area contributed by atoms with Crippen LogP contribution in [0, 0.1) is 11.6 Å². The van der Waals surface area contributed by atoms with Crippen LogP contribution in [-0.2, 0) is 17.6 Å². The number of nitrogens with zero attached hydrogens (tertiary/aromatic N) is 5. The Morgan fingerprint density at radius 3 is 2.70 bits per heavy atom. The van der Waals surface area contributed by atoms with Gasteiger partial charge in [0.1, 0.15) is 35.2 Å². The molecule has 6 heterocycles. The first-order valence-electron chi connectivity index (χ1n) is 16.0. The number of hydrogen-bond acceptors (Lipinski definition) is 8. The molecule has 2 aromatic carbocycles. The lowest BCUT2D eigenvalue weighted by atomic mass is 9.94. The first-order valence-corrected chi connectivity index (χ1v) is 16.0. The van der Waals surface area contributed by atoms with Gasteiger partial charge in [-0.05, 0) is 99.0 Å². The lowest BCUT2D eigenvalue weighted by molar-refractivity contribution is 0.108. The molecule has 230 valence electrons. The molecule has 44 heavy (non-hydrogen) atoms. The van der Waals surface area contributed by atoms with E-state index in [1.54, 1.807) is 12.1 Å². The number of rotatable bonds is 5. The van der Waals surface area contributed by atoms with Crippen LogP contribution >= 0.6 is 0 Å². The number of benzene rings is 2. The summed E-state index contributed by atoms with van der Waals surface area (Å²) in [5, 5.41) is 12.4. The molecule has 0 bridgehead atoms. The summed E-state index contributed by atoms with van der Waals surface area (Å²) in [6, 6.07) is 6.29. The second-order valence-electron chi connectivity index (χ2n) is 12.8. The number of aromatic hydroxyl groups is 1. The number of aryl methyl sites for hydroxylation is 2. The van der Waals surface area contributed by atoms with E-state index < -0.39 is 5.82 Å². The van der Waals surface area contributed by atoms with E-state index in [0.717, 1.165) is 58.2 Å². The highest BCUT2D eigenvalue weighted by atomic mass is 19.1. The molecule has 1 atom stereocenters. The van der Waals surface area contributed by atoms with Gasteiger partial charge in [-0.1, -0.05) is 13.0 Å². The molecular weight excluding hydrogens is 564 g/mol. The summed E-state index contributed by atoms with van der Waals surface area (Å²) < 4.78 is 44.4. The molecule has 1 N–H and O–H groups in total. The molecule has 4 aliphatic rings. The summed E-state index contributed by atoms with van der Waals surface area (Å²) in [6.07, 6.45) is 7.02. The van der Waals surface area contributed by atoms with Crippen molar-refractivity contribution in [2.75, 3.05) is 44.4 Å². The van der Waals surface area contributed by atoms with Crippen LogP contribution < -0.4 is 9.64 Å².